The maximum Gasteiger partial charge on any atom is 0.224 e. The van der Waals surface area contributed by atoms with Crippen molar-refractivity contribution in [2.75, 3.05) is 19.7 Å². The first-order valence-corrected chi connectivity index (χ1v) is 5.27. The van der Waals surface area contributed by atoms with Crippen LogP contribution < -0.4 is 10.6 Å². The van der Waals surface area contributed by atoms with Gasteiger partial charge in [-0.15, -0.1) is 0 Å². The topological polar surface area (TPSA) is 61.4 Å². The van der Waals surface area contributed by atoms with Crippen molar-refractivity contribution in [2.24, 2.45) is 11.8 Å². The quantitative estimate of drug-likeness (QED) is 0.585. The summed E-state index contributed by atoms with van der Waals surface area (Å²) in [4.78, 5) is 11.7. The van der Waals surface area contributed by atoms with Crippen LogP contribution in [0, 0.1) is 11.8 Å². The SMILES string of the molecule is CC(C)C(CO)NC(=O)C1CCNC1. The fourth-order valence-corrected chi connectivity index (χ4v) is 1.60. The number of carbonyl (C=O) groups excluding carboxylic acids is 1. The minimum absolute atomic E-state index is 0.0174. The molecule has 0 aromatic carbocycles. The summed E-state index contributed by atoms with van der Waals surface area (Å²) in [6.07, 6.45) is 0.905. The van der Waals surface area contributed by atoms with Crippen molar-refractivity contribution in [3.8, 4) is 0 Å². The average molecular weight is 200 g/mol. The van der Waals surface area contributed by atoms with Gasteiger partial charge < -0.3 is 15.7 Å². The summed E-state index contributed by atoms with van der Waals surface area (Å²) >= 11 is 0. The van der Waals surface area contributed by atoms with Gasteiger partial charge in [0.2, 0.25) is 5.91 Å². The third-order valence-corrected chi connectivity index (χ3v) is 2.76. The van der Waals surface area contributed by atoms with Crippen LogP contribution in [0.2, 0.25) is 0 Å². The van der Waals surface area contributed by atoms with Gasteiger partial charge in [0.1, 0.15) is 0 Å². The molecule has 3 N–H and O–H groups in total. The van der Waals surface area contributed by atoms with Crippen molar-refractivity contribution in [1.29, 1.82) is 0 Å². The largest absolute Gasteiger partial charge is 0.394 e. The summed E-state index contributed by atoms with van der Waals surface area (Å²) in [5, 5.41) is 15.1. The van der Waals surface area contributed by atoms with E-state index < -0.39 is 0 Å². The molecule has 4 nitrogen and oxygen atoms in total. The van der Waals surface area contributed by atoms with Gasteiger partial charge in [-0.3, -0.25) is 4.79 Å². The summed E-state index contributed by atoms with van der Waals surface area (Å²) in [6, 6.07) is -0.108. The zero-order valence-electron chi connectivity index (χ0n) is 8.92. The summed E-state index contributed by atoms with van der Waals surface area (Å²) in [7, 11) is 0. The summed E-state index contributed by atoms with van der Waals surface area (Å²) in [5.74, 6) is 0.434. The predicted octanol–water partition coefficient (Wildman–Crippen LogP) is -0.271. The highest BCUT2D eigenvalue weighted by Gasteiger charge is 2.25. The van der Waals surface area contributed by atoms with Crippen molar-refractivity contribution < 1.29 is 9.90 Å². The van der Waals surface area contributed by atoms with E-state index in [-0.39, 0.29) is 30.4 Å². The molecule has 14 heavy (non-hydrogen) atoms. The molecule has 0 spiro atoms. The van der Waals surface area contributed by atoms with E-state index >= 15 is 0 Å². The van der Waals surface area contributed by atoms with Crippen LogP contribution in [-0.2, 0) is 4.79 Å². The highest BCUT2D eigenvalue weighted by Crippen LogP contribution is 2.09. The first-order chi connectivity index (χ1) is 6.65. The predicted molar refractivity (Wildman–Crippen MR) is 54.8 cm³/mol. The lowest BCUT2D eigenvalue weighted by atomic mass is 10.0. The molecule has 0 aromatic heterocycles. The highest BCUT2D eigenvalue weighted by atomic mass is 16.3. The molecule has 82 valence electrons. The van der Waals surface area contributed by atoms with Gasteiger partial charge in [0.25, 0.3) is 0 Å². The fraction of sp³-hybridized carbons (Fsp3) is 0.900. The van der Waals surface area contributed by atoms with E-state index in [0.29, 0.717) is 0 Å². The first kappa shape index (κ1) is 11.5. The molecule has 4 heteroatoms. The van der Waals surface area contributed by atoms with Gasteiger partial charge in [-0.2, -0.15) is 0 Å². The van der Waals surface area contributed by atoms with E-state index in [4.69, 9.17) is 5.11 Å². The molecule has 1 fully saturated rings. The Morgan fingerprint density at radius 2 is 2.36 bits per heavy atom. The highest BCUT2D eigenvalue weighted by molar-refractivity contribution is 5.79. The standard InChI is InChI=1S/C10H20N2O2/c1-7(2)9(6-13)12-10(14)8-3-4-11-5-8/h7-9,11,13H,3-6H2,1-2H3,(H,12,14). The number of hydrogen-bond acceptors (Lipinski definition) is 3. The van der Waals surface area contributed by atoms with Gasteiger partial charge in [-0.1, -0.05) is 13.8 Å². The van der Waals surface area contributed by atoms with Gasteiger partial charge in [-0.25, -0.2) is 0 Å². The molecular weight excluding hydrogens is 180 g/mol. The van der Waals surface area contributed by atoms with Gasteiger partial charge in [0.05, 0.1) is 18.6 Å². The average Bonchev–Trinajstić information content (AvgIpc) is 2.65. The second kappa shape index (κ2) is 5.32. The van der Waals surface area contributed by atoms with Crippen LogP contribution >= 0.6 is 0 Å². The molecule has 1 heterocycles. The van der Waals surface area contributed by atoms with Crippen LogP contribution in [0.15, 0.2) is 0 Å². The van der Waals surface area contributed by atoms with E-state index in [1.54, 1.807) is 0 Å². The molecule has 1 amide bonds. The van der Waals surface area contributed by atoms with Crippen LogP contribution in [0.1, 0.15) is 20.3 Å². The molecule has 1 rings (SSSR count). The minimum atomic E-state index is -0.108. The Bertz CT molecular complexity index is 189. The molecule has 2 unspecified atom stereocenters. The number of carbonyl (C=O) groups is 1. The Morgan fingerprint density at radius 1 is 1.64 bits per heavy atom. The van der Waals surface area contributed by atoms with Crippen LogP contribution in [0.5, 0.6) is 0 Å². The van der Waals surface area contributed by atoms with E-state index in [0.717, 1.165) is 19.5 Å². The molecule has 1 aliphatic heterocycles. The van der Waals surface area contributed by atoms with Crippen LogP contribution in [0.3, 0.4) is 0 Å². The van der Waals surface area contributed by atoms with Crippen LogP contribution in [0.4, 0.5) is 0 Å². The number of rotatable bonds is 4. The smallest absolute Gasteiger partial charge is 0.224 e. The van der Waals surface area contributed by atoms with Gasteiger partial charge in [-0.05, 0) is 18.9 Å². The van der Waals surface area contributed by atoms with Crippen molar-refractivity contribution in [3.63, 3.8) is 0 Å². The lowest BCUT2D eigenvalue weighted by molar-refractivity contribution is -0.125. The molecule has 0 aromatic rings. The Labute approximate surface area is 85.1 Å². The third-order valence-electron chi connectivity index (χ3n) is 2.76. The molecule has 2 atom stereocenters. The maximum absolute atomic E-state index is 11.7. The lowest BCUT2D eigenvalue weighted by Gasteiger charge is -2.21. The van der Waals surface area contributed by atoms with E-state index in [9.17, 15) is 4.79 Å². The second-order valence-corrected chi connectivity index (χ2v) is 4.23. The van der Waals surface area contributed by atoms with E-state index in [2.05, 4.69) is 10.6 Å². The van der Waals surface area contributed by atoms with Gasteiger partial charge in [0.15, 0.2) is 0 Å². The molecule has 0 aliphatic carbocycles. The third kappa shape index (κ3) is 2.96. The number of hydrogen-bond donors (Lipinski definition) is 3. The summed E-state index contributed by atoms with van der Waals surface area (Å²) in [5.41, 5.74) is 0. The molecule has 0 bridgehead atoms. The fourth-order valence-electron chi connectivity index (χ4n) is 1.60. The van der Waals surface area contributed by atoms with Crippen LogP contribution in [-0.4, -0.2) is 36.8 Å². The first-order valence-electron chi connectivity index (χ1n) is 5.27. The van der Waals surface area contributed by atoms with Crippen molar-refractivity contribution >= 4 is 5.91 Å². The minimum Gasteiger partial charge on any atom is -0.394 e. The summed E-state index contributed by atoms with van der Waals surface area (Å²) < 4.78 is 0. The number of nitrogens with one attached hydrogen (secondary N) is 2. The zero-order valence-corrected chi connectivity index (χ0v) is 8.92. The van der Waals surface area contributed by atoms with Crippen molar-refractivity contribution in [1.82, 2.24) is 10.6 Å². The Balaban J connectivity index is 2.37. The molecular formula is C10H20N2O2. The van der Waals surface area contributed by atoms with Crippen LogP contribution in [0.25, 0.3) is 0 Å². The molecule has 0 saturated carbocycles. The van der Waals surface area contributed by atoms with E-state index in [1.807, 2.05) is 13.8 Å². The Kier molecular flexibility index (Phi) is 4.35. The van der Waals surface area contributed by atoms with E-state index in [1.165, 1.54) is 0 Å². The van der Waals surface area contributed by atoms with Crippen molar-refractivity contribution in [3.05, 3.63) is 0 Å². The molecule has 0 radical (unpaired) electrons. The van der Waals surface area contributed by atoms with Crippen molar-refractivity contribution in [2.45, 2.75) is 26.3 Å². The molecule has 1 aliphatic rings. The second-order valence-electron chi connectivity index (χ2n) is 4.23. The molecule has 1 saturated heterocycles. The zero-order chi connectivity index (χ0) is 10.6. The lowest BCUT2D eigenvalue weighted by Crippen LogP contribution is -2.44. The van der Waals surface area contributed by atoms with Gasteiger partial charge in [0, 0.05) is 6.54 Å². The maximum atomic E-state index is 11.7. The number of amides is 1. The number of aliphatic hydroxyl groups excluding tert-OH is 1. The summed E-state index contributed by atoms with van der Waals surface area (Å²) in [6.45, 7) is 5.69. The van der Waals surface area contributed by atoms with Gasteiger partial charge >= 0.3 is 0 Å². The normalized spacial score (nSPS) is 23.9. The Morgan fingerprint density at radius 3 is 2.79 bits per heavy atom. The Hall–Kier alpha value is -0.610. The number of aliphatic hydroxyl groups is 1. The monoisotopic (exact) mass is 200 g/mol.